The molecule has 4 rings (SSSR count). The van der Waals surface area contributed by atoms with Crippen molar-refractivity contribution in [3.63, 3.8) is 0 Å². The Hall–Kier alpha value is -2.73. The van der Waals surface area contributed by atoms with Gasteiger partial charge in [-0.1, -0.05) is 26.0 Å². The van der Waals surface area contributed by atoms with Crippen LogP contribution in [0.3, 0.4) is 0 Å². The zero-order chi connectivity index (χ0) is 17.8. The Bertz CT molecular complexity index is 976. The van der Waals surface area contributed by atoms with Crippen molar-refractivity contribution in [2.24, 2.45) is 0 Å². The van der Waals surface area contributed by atoms with Crippen molar-refractivity contribution < 1.29 is 14.4 Å². The van der Waals surface area contributed by atoms with Gasteiger partial charge in [0.15, 0.2) is 0 Å². The van der Waals surface area contributed by atoms with Crippen LogP contribution in [0.15, 0.2) is 42.7 Å². The van der Waals surface area contributed by atoms with Gasteiger partial charge in [0.1, 0.15) is 11.5 Å². The molecule has 0 atom stereocenters. The molecule has 0 saturated heterocycles. The summed E-state index contributed by atoms with van der Waals surface area (Å²) >= 11 is 0. The van der Waals surface area contributed by atoms with Crippen LogP contribution in [0.2, 0.25) is 0 Å². The predicted octanol–water partition coefficient (Wildman–Crippen LogP) is 3.35. The lowest BCUT2D eigenvalue weighted by atomic mass is 9.79. The van der Waals surface area contributed by atoms with Gasteiger partial charge < -0.3 is 4.57 Å². The number of benzene rings is 1. The van der Waals surface area contributed by atoms with Crippen molar-refractivity contribution in [2.45, 2.75) is 25.8 Å². The van der Waals surface area contributed by atoms with Crippen LogP contribution in [0.1, 0.15) is 35.5 Å². The standard InChI is InChI=1S/C19H18FN3O2/c1-19(2)11-23(25)18(24)17-16(19)14-7-8-22(15(14)9-21-17)10-12-3-5-13(20)6-4-12/h3-9,25H,10-11H2,1-2H3. The Kier molecular flexibility index (Phi) is 3.40. The van der Waals surface area contributed by atoms with Gasteiger partial charge in [-0.15, -0.1) is 0 Å². The normalized spacial score (nSPS) is 16.3. The van der Waals surface area contributed by atoms with Crippen molar-refractivity contribution in [1.29, 1.82) is 0 Å². The third kappa shape index (κ3) is 2.49. The second-order valence-corrected chi connectivity index (χ2v) is 7.10. The molecule has 3 aromatic rings. The lowest BCUT2D eigenvalue weighted by Crippen LogP contribution is -2.45. The van der Waals surface area contributed by atoms with Crippen LogP contribution in [0.4, 0.5) is 4.39 Å². The minimum atomic E-state index is -0.470. The van der Waals surface area contributed by atoms with Gasteiger partial charge in [-0.3, -0.25) is 10.0 Å². The highest BCUT2D eigenvalue weighted by molar-refractivity contribution is 6.00. The maximum atomic E-state index is 13.1. The SMILES string of the molecule is CC1(C)CN(O)C(=O)c2ncc3c(ccn3Cc3ccc(F)cc3)c21. The molecule has 1 aliphatic heterocycles. The summed E-state index contributed by atoms with van der Waals surface area (Å²) in [7, 11) is 0. The summed E-state index contributed by atoms with van der Waals surface area (Å²) in [6.45, 7) is 4.79. The van der Waals surface area contributed by atoms with Gasteiger partial charge in [0.2, 0.25) is 0 Å². The molecule has 0 saturated carbocycles. The first-order valence-electron chi connectivity index (χ1n) is 8.10. The van der Waals surface area contributed by atoms with Crippen LogP contribution in [0.25, 0.3) is 10.9 Å². The average molecular weight is 339 g/mol. The van der Waals surface area contributed by atoms with Crippen molar-refractivity contribution in [1.82, 2.24) is 14.6 Å². The van der Waals surface area contributed by atoms with Gasteiger partial charge >= 0.3 is 0 Å². The number of hydroxylamine groups is 2. The summed E-state index contributed by atoms with van der Waals surface area (Å²) in [5, 5.41) is 11.6. The van der Waals surface area contributed by atoms with E-state index >= 15 is 0 Å². The number of amides is 1. The first-order valence-corrected chi connectivity index (χ1v) is 8.10. The number of pyridine rings is 1. The zero-order valence-corrected chi connectivity index (χ0v) is 14.0. The molecule has 0 fully saturated rings. The molecule has 128 valence electrons. The van der Waals surface area contributed by atoms with Crippen LogP contribution in [0, 0.1) is 5.82 Å². The predicted molar refractivity (Wildman–Crippen MR) is 91.1 cm³/mol. The zero-order valence-electron chi connectivity index (χ0n) is 14.0. The van der Waals surface area contributed by atoms with Gasteiger partial charge in [0.25, 0.3) is 5.91 Å². The van der Waals surface area contributed by atoms with Crippen molar-refractivity contribution in [3.05, 3.63) is 65.4 Å². The molecule has 0 aliphatic carbocycles. The smallest absolute Gasteiger partial charge is 0.296 e. The minimum absolute atomic E-state index is 0.225. The van der Waals surface area contributed by atoms with Crippen molar-refractivity contribution in [3.8, 4) is 0 Å². The number of nitrogens with zero attached hydrogens (tertiary/aromatic N) is 3. The molecule has 5 nitrogen and oxygen atoms in total. The van der Waals surface area contributed by atoms with E-state index < -0.39 is 11.3 Å². The lowest BCUT2D eigenvalue weighted by Gasteiger charge is -2.35. The van der Waals surface area contributed by atoms with E-state index in [1.54, 1.807) is 18.3 Å². The van der Waals surface area contributed by atoms with Crippen LogP contribution in [-0.4, -0.2) is 32.3 Å². The summed E-state index contributed by atoms with van der Waals surface area (Å²) in [6.07, 6.45) is 3.60. The fraction of sp³-hybridized carbons (Fsp3) is 0.263. The molecule has 0 spiro atoms. The molecule has 25 heavy (non-hydrogen) atoms. The van der Waals surface area contributed by atoms with Gasteiger partial charge in [0.05, 0.1) is 18.3 Å². The van der Waals surface area contributed by atoms with E-state index in [9.17, 15) is 14.4 Å². The van der Waals surface area contributed by atoms with Gasteiger partial charge in [-0.2, -0.15) is 0 Å². The molecule has 0 bridgehead atoms. The highest BCUT2D eigenvalue weighted by Gasteiger charge is 2.39. The number of carbonyl (C=O) groups is 1. The van der Waals surface area contributed by atoms with E-state index in [1.165, 1.54) is 12.1 Å². The van der Waals surface area contributed by atoms with E-state index in [-0.39, 0.29) is 12.4 Å². The first-order chi connectivity index (χ1) is 11.9. The summed E-state index contributed by atoms with van der Waals surface area (Å²) in [6, 6.07) is 8.37. The van der Waals surface area contributed by atoms with E-state index in [2.05, 4.69) is 4.98 Å². The van der Waals surface area contributed by atoms with Crippen LogP contribution < -0.4 is 0 Å². The summed E-state index contributed by atoms with van der Waals surface area (Å²) in [5.74, 6) is -0.729. The van der Waals surface area contributed by atoms with Gasteiger partial charge in [-0.05, 0) is 23.8 Å². The topological polar surface area (TPSA) is 58.4 Å². The minimum Gasteiger partial charge on any atom is -0.342 e. The summed E-state index contributed by atoms with van der Waals surface area (Å²) < 4.78 is 15.1. The maximum absolute atomic E-state index is 13.1. The molecule has 0 unspecified atom stereocenters. The van der Waals surface area contributed by atoms with Crippen molar-refractivity contribution in [2.75, 3.05) is 6.54 Å². The molecule has 1 aromatic carbocycles. The number of carbonyl (C=O) groups excluding carboxylic acids is 1. The molecule has 1 N–H and O–H groups in total. The highest BCUT2D eigenvalue weighted by Crippen LogP contribution is 2.37. The number of hydrogen-bond acceptors (Lipinski definition) is 3. The van der Waals surface area contributed by atoms with Gasteiger partial charge in [0, 0.05) is 29.1 Å². The quantitative estimate of drug-likeness (QED) is 0.729. The second-order valence-electron chi connectivity index (χ2n) is 7.10. The monoisotopic (exact) mass is 339 g/mol. The molecular weight excluding hydrogens is 321 g/mol. The largest absolute Gasteiger partial charge is 0.342 e. The Morgan fingerprint density at radius 1 is 1.24 bits per heavy atom. The molecule has 1 amide bonds. The summed E-state index contributed by atoms with van der Waals surface area (Å²) in [4.78, 5) is 16.6. The Balaban J connectivity index is 1.84. The molecule has 0 radical (unpaired) electrons. The average Bonchev–Trinajstić information content (AvgIpc) is 2.97. The molecular formula is C19H18FN3O2. The van der Waals surface area contributed by atoms with Gasteiger partial charge in [-0.25, -0.2) is 14.4 Å². The van der Waals surface area contributed by atoms with E-state index in [4.69, 9.17) is 0 Å². The maximum Gasteiger partial charge on any atom is 0.296 e. The lowest BCUT2D eigenvalue weighted by molar-refractivity contribution is -0.0736. The molecule has 3 heterocycles. The van der Waals surface area contributed by atoms with E-state index in [1.807, 2.05) is 30.7 Å². The fourth-order valence-corrected chi connectivity index (χ4v) is 3.58. The second kappa shape index (κ2) is 5.39. The van der Waals surface area contributed by atoms with E-state index in [0.717, 1.165) is 27.1 Å². The number of halogens is 1. The summed E-state index contributed by atoms with van der Waals surface area (Å²) in [5.41, 5.74) is 2.64. The van der Waals surface area contributed by atoms with Crippen molar-refractivity contribution >= 4 is 16.8 Å². The van der Waals surface area contributed by atoms with Crippen LogP contribution >= 0.6 is 0 Å². The molecule has 2 aromatic heterocycles. The Morgan fingerprint density at radius 2 is 1.96 bits per heavy atom. The Morgan fingerprint density at radius 3 is 2.68 bits per heavy atom. The molecule has 1 aliphatic rings. The number of aromatic nitrogens is 2. The third-order valence-corrected chi connectivity index (χ3v) is 4.75. The van der Waals surface area contributed by atoms with Crippen LogP contribution in [-0.2, 0) is 12.0 Å². The highest BCUT2D eigenvalue weighted by atomic mass is 19.1. The Labute approximate surface area is 144 Å². The van der Waals surface area contributed by atoms with E-state index in [0.29, 0.717) is 12.2 Å². The number of rotatable bonds is 2. The first kappa shape index (κ1) is 15.8. The fourth-order valence-electron chi connectivity index (χ4n) is 3.58. The number of fused-ring (bicyclic) bond motifs is 3. The number of hydrogen-bond donors (Lipinski definition) is 1. The van der Waals surface area contributed by atoms with Crippen LogP contribution in [0.5, 0.6) is 0 Å². The third-order valence-electron chi connectivity index (χ3n) is 4.75. The molecule has 6 heteroatoms.